The molecule has 0 aromatic rings. The van der Waals surface area contributed by atoms with Crippen LogP contribution in [-0.4, -0.2) is 54.4 Å². The van der Waals surface area contributed by atoms with Gasteiger partial charge in [-0.05, 0) is 6.54 Å². The van der Waals surface area contributed by atoms with Crippen molar-refractivity contribution in [1.82, 2.24) is 9.62 Å². The van der Waals surface area contributed by atoms with E-state index in [1.165, 1.54) is 0 Å². The number of fused-ring (bicyclic) bond motifs is 1. The van der Waals surface area contributed by atoms with Gasteiger partial charge in [0.2, 0.25) is 0 Å². The highest BCUT2D eigenvalue weighted by atomic mass is 32.2. The quantitative estimate of drug-likeness (QED) is 0.423. The van der Waals surface area contributed by atoms with Crippen LogP contribution < -0.4 is 5.32 Å². The van der Waals surface area contributed by atoms with Crippen LogP contribution in [0.15, 0.2) is 0 Å². The van der Waals surface area contributed by atoms with Crippen LogP contribution in [0.2, 0.25) is 0 Å². The normalized spacial score (nSPS) is 37.1. The van der Waals surface area contributed by atoms with Crippen molar-refractivity contribution in [3.05, 3.63) is 0 Å². The molecule has 2 heterocycles. The first-order chi connectivity index (χ1) is 5.77. The van der Waals surface area contributed by atoms with Gasteiger partial charge in [-0.1, -0.05) is 0 Å². The minimum Gasteiger partial charge on any atom is -0.420 e. The maximum absolute atomic E-state index is 5.63. The molecule has 0 bridgehead atoms. The zero-order valence-corrected chi connectivity index (χ0v) is 7.98. The lowest BCUT2D eigenvalue weighted by Gasteiger charge is -2.25. The Labute approximate surface area is 75.3 Å². The van der Waals surface area contributed by atoms with Gasteiger partial charge in [-0.3, -0.25) is 0 Å². The summed E-state index contributed by atoms with van der Waals surface area (Å²) in [6.45, 7) is 3.86. The number of ether oxygens (including phenoxy) is 1. The van der Waals surface area contributed by atoms with Crippen LogP contribution in [-0.2, 0) is 15.0 Å². The summed E-state index contributed by atoms with van der Waals surface area (Å²) in [7, 11) is -0.0944. The van der Waals surface area contributed by atoms with E-state index in [1.54, 1.807) is 0 Å². The molecule has 70 valence electrons. The summed E-state index contributed by atoms with van der Waals surface area (Å²) in [5, 5.41) is 3.45. The molecule has 0 spiro atoms. The summed E-state index contributed by atoms with van der Waals surface area (Å²) in [6.07, 6.45) is 0.372. The van der Waals surface area contributed by atoms with Gasteiger partial charge in [0.05, 0.1) is 12.7 Å². The minimum atomic E-state index is -0.0944. The Bertz CT molecular complexity index is 217. The maximum Gasteiger partial charge on any atom is 0.0850 e. The van der Waals surface area contributed by atoms with Crippen molar-refractivity contribution >= 4 is 22.0 Å². The molecule has 0 aromatic carbocycles. The zero-order chi connectivity index (χ0) is 8.55. The van der Waals surface area contributed by atoms with Crippen molar-refractivity contribution in [2.45, 2.75) is 12.1 Å². The molecule has 1 N–H and O–H groups in total. The Morgan fingerprint density at radius 1 is 1.42 bits per heavy atom. The zero-order valence-electron chi connectivity index (χ0n) is 7.16. The number of morpholine rings is 1. The molecule has 3 nitrogen and oxygen atoms in total. The van der Waals surface area contributed by atoms with Gasteiger partial charge >= 0.3 is 0 Å². The fourth-order valence-electron chi connectivity index (χ4n) is 1.77. The van der Waals surface area contributed by atoms with Gasteiger partial charge in [-0.15, -0.1) is 0 Å². The monoisotopic (exact) mass is 187 g/mol. The molecule has 0 aromatic heterocycles. The second kappa shape index (κ2) is 3.38. The van der Waals surface area contributed by atoms with Gasteiger partial charge in [-0.2, -0.15) is 0 Å². The first-order valence-electron chi connectivity index (χ1n) is 4.21. The number of hydrogen-bond acceptors (Lipinski definition) is 4. The summed E-state index contributed by atoms with van der Waals surface area (Å²) in [5.41, 5.74) is 0. The molecule has 12 heavy (non-hydrogen) atoms. The Kier molecular flexibility index (Phi) is 2.41. The molecule has 0 aliphatic carbocycles. The molecule has 4 heteroatoms. The third kappa shape index (κ3) is 1.52. The first kappa shape index (κ1) is 8.56. The Hall–Kier alpha value is -0.0300. The van der Waals surface area contributed by atoms with Gasteiger partial charge in [-0.25, -0.2) is 11.7 Å². The molecule has 2 fully saturated rings. The predicted molar refractivity (Wildman–Crippen MR) is 54.7 cm³/mol. The number of nitrogens with one attached hydrogen (secondary N) is 1. The molecular formula is C8H15N2OS-. The molecule has 2 atom stereocenters. The summed E-state index contributed by atoms with van der Waals surface area (Å²) in [5.74, 6) is 7.88. The molecule has 2 unspecified atom stereocenters. The average Bonchev–Trinajstić information content (AvgIpc) is 2.46. The molecular weight excluding hydrogens is 172 g/mol. The minimum absolute atomic E-state index is 0.0944. The Morgan fingerprint density at radius 2 is 2.25 bits per heavy atom. The molecule has 2 aliphatic heterocycles. The van der Waals surface area contributed by atoms with E-state index < -0.39 is 0 Å². The smallest absolute Gasteiger partial charge is 0.0850 e. The highest BCUT2D eigenvalue weighted by Gasteiger charge is 2.31. The SMILES string of the molecule is C=[S-](=C)N1CC2NCCOC2C1. The van der Waals surface area contributed by atoms with Crippen LogP contribution in [0.25, 0.3) is 0 Å². The highest BCUT2D eigenvalue weighted by Crippen LogP contribution is 2.15. The highest BCUT2D eigenvalue weighted by molar-refractivity contribution is 7.89. The summed E-state index contributed by atoms with van der Waals surface area (Å²) >= 11 is 0. The molecule has 0 saturated carbocycles. The average molecular weight is 187 g/mol. The number of hydrogen-bond donors (Lipinski definition) is 1. The summed E-state index contributed by atoms with van der Waals surface area (Å²) in [4.78, 5) is 0. The number of rotatable bonds is 1. The van der Waals surface area contributed by atoms with E-state index in [4.69, 9.17) is 4.74 Å². The van der Waals surface area contributed by atoms with E-state index in [9.17, 15) is 0 Å². The summed E-state index contributed by atoms with van der Waals surface area (Å²) in [6, 6.07) is 0.511. The third-order valence-electron chi connectivity index (χ3n) is 2.44. The maximum atomic E-state index is 5.63. The molecule has 0 amide bonds. The third-order valence-corrected chi connectivity index (χ3v) is 3.47. The van der Waals surface area contributed by atoms with E-state index in [0.29, 0.717) is 12.1 Å². The Balaban J connectivity index is 2.02. The van der Waals surface area contributed by atoms with Crippen molar-refractivity contribution in [2.75, 3.05) is 26.2 Å². The van der Waals surface area contributed by atoms with Crippen LogP contribution in [0.3, 0.4) is 0 Å². The van der Waals surface area contributed by atoms with Crippen molar-refractivity contribution in [3.63, 3.8) is 0 Å². The van der Waals surface area contributed by atoms with E-state index in [0.717, 1.165) is 26.2 Å². The molecule has 2 saturated heterocycles. The number of nitrogens with zero attached hydrogens (tertiary/aromatic N) is 1. The van der Waals surface area contributed by atoms with Gasteiger partial charge in [0, 0.05) is 19.1 Å². The van der Waals surface area contributed by atoms with E-state index in [1.807, 2.05) is 0 Å². The fourth-order valence-corrected chi connectivity index (χ4v) is 2.50. The second-order valence-electron chi connectivity index (χ2n) is 3.28. The van der Waals surface area contributed by atoms with Gasteiger partial charge in [0.25, 0.3) is 0 Å². The van der Waals surface area contributed by atoms with Gasteiger partial charge in [0.1, 0.15) is 0 Å². The lowest BCUT2D eigenvalue weighted by Crippen LogP contribution is -2.47. The standard InChI is InChI=1S/C8H15N2OS/c1-12(2)10-5-7-8(6-10)11-4-3-9-7/h7-9H,1-6H2/q-1. The van der Waals surface area contributed by atoms with Crippen LogP contribution in [0.4, 0.5) is 0 Å². The van der Waals surface area contributed by atoms with Crippen molar-refractivity contribution in [2.24, 2.45) is 0 Å². The summed E-state index contributed by atoms with van der Waals surface area (Å²) < 4.78 is 7.91. The topological polar surface area (TPSA) is 24.5 Å². The van der Waals surface area contributed by atoms with E-state index in [-0.39, 0.29) is 10.3 Å². The molecule has 2 rings (SSSR count). The molecule has 0 radical (unpaired) electrons. The largest absolute Gasteiger partial charge is 0.420 e. The van der Waals surface area contributed by atoms with Gasteiger partial charge in [0.15, 0.2) is 0 Å². The van der Waals surface area contributed by atoms with Crippen molar-refractivity contribution in [1.29, 1.82) is 0 Å². The van der Waals surface area contributed by atoms with Gasteiger partial charge < -0.3 is 24.6 Å². The van der Waals surface area contributed by atoms with Crippen molar-refractivity contribution in [3.8, 4) is 0 Å². The van der Waals surface area contributed by atoms with E-state index >= 15 is 0 Å². The van der Waals surface area contributed by atoms with Crippen LogP contribution >= 0.6 is 0 Å². The fraction of sp³-hybridized carbons (Fsp3) is 0.750. The first-order valence-corrected chi connectivity index (χ1v) is 5.73. The Morgan fingerprint density at radius 3 is 2.92 bits per heavy atom. The van der Waals surface area contributed by atoms with Crippen LogP contribution in [0.1, 0.15) is 0 Å². The lowest BCUT2D eigenvalue weighted by molar-refractivity contribution is 0.0196. The van der Waals surface area contributed by atoms with E-state index in [2.05, 4.69) is 21.4 Å². The molecule has 2 aliphatic rings. The predicted octanol–water partition coefficient (Wildman–Crippen LogP) is -0.944. The van der Waals surface area contributed by atoms with Crippen LogP contribution in [0.5, 0.6) is 0 Å². The lowest BCUT2D eigenvalue weighted by atomic mass is 10.2. The second-order valence-corrected chi connectivity index (χ2v) is 4.72. The van der Waals surface area contributed by atoms with Crippen molar-refractivity contribution < 1.29 is 4.74 Å². The van der Waals surface area contributed by atoms with Crippen LogP contribution in [0, 0.1) is 0 Å².